The van der Waals surface area contributed by atoms with E-state index in [1.807, 2.05) is 30.3 Å². The Bertz CT molecular complexity index is 188. The Morgan fingerprint density at radius 2 is 1.80 bits per heavy atom. The zero-order valence-corrected chi connectivity index (χ0v) is 4.87. The van der Waals surface area contributed by atoms with Gasteiger partial charge in [-0.3, -0.25) is 4.79 Å². The number of carbonyl (C=O) groups excluding carboxylic acids is 1. The van der Waals surface area contributed by atoms with Gasteiger partial charge in [-0.1, -0.05) is 18.2 Å². The van der Waals surface area contributed by atoms with Crippen molar-refractivity contribution in [3.63, 3.8) is 0 Å². The van der Waals surface area contributed by atoms with Gasteiger partial charge in [0.2, 0.25) is 6.41 Å². The Kier molecular flexibility index (Phi) is 6.53. The molecule has 0 spiro atoms. The number of hydrogen-bond donors (Lipinski definition) is 1. The molecule has 0 heterocycles. The van der Waals surface area contributed by atoms with Crippen molar-refractivity contribution < 1.29 is 4.79 Å². The summed E-state index contributed by atoms with van der Waals surface area (Å²) in [5, 5.41) is 2.53. The fourth-order valence-corrected chi connectivity index (χ4v) is 0.602. The summed E-state index contributed by atoms with van der Waals surface area (Å²) in [5.41, 5.74) is 0.826. The van der Waals surface area contributed by atoms with Gasteiger partial charge in [0.1, 0.15) is 0 Å². The summed E-state index contributed by atoms with van der Waals surface area (Å²) in [5.74, 6) is 0. The van der Waals surface area contributed by atoms with Crippen molar-refractivity contribution in [2.24, 2.45) is 0 Å². The molecule has 0 aromatic heterocycles. The number of amides is 1. The van der Waals surface area contributed by atoms with E-state index in [0.717, 1.165) is 5.69 Å². The average Bonchev–Trinajstić information content (AvgIpc) is 1.91. The van der Waals surface area contributed by atoms with Crippen molar-refractivity contribution >= 4 is 70.3 Å². The van der Waals surface area contributed by atoms with Crippen molar-refractivity contribution in [3.05, 3.63) is 30.3 Å². The Hall–Kier alpha value is 0.495. The van der Waals surface area contributed by atoms with Gasteiger partial charge in [0, 0.05) is 5.69 Å². The average molecular weight is 208 g/mol. The van der Waals surface area contributed by atoms with E-state index in [1.165, 1.54) is 0 Å². The van der Waals surface area contributed by atoms with Gasteiger partial charge in [0.15, 0.2) is 0 Å². The summed E-state index contributed by atoms with van der Waals surface area (Å²) in [6.45, 7) is 0. The number of benzene rings is 1. The molecule has 1 aromatic carbocycles. The number of nitrogens with one attached hydrogen (secondary N) is 1. The summed E-state index contributed by atoms with van der Waals surface area (Å²) >= 11 is 0. The maximum absolute atomic E-state index is 9.86. The van der Waals surface area contributed by atoms with Gasteiger partial charge >= 0.3 is 58.2 Å². The standard InChI is InChI=1S/C7H7NO.Rb.H/c9-6-8-7-4-2-1-3-5-7;;/h1-6H,(H,8,9);;. The molecule has 0 radical (unpaired) electrons. The predicted molar refractivity (Wildman–Crippen MR) is 43.3 cm³/mol. The zero-order chi connectivity index (χ0) is 6.53. The van der Waals surface area contributed by atoms with E-state index in [-0.39, 0.29) is 58.2 Å². The third kappa shape index (κ3) is 3.61. The molecule has 0 aliphatic rings. The fourth-order valence-electron chi connectivity index (χ4n) is 0.602. The fraction of sp³-hybridized carbons (Fsp3) is 0. The molecule has 0 saturated heterocycles. The van der Waals surface area contributed by atoms with Crippen LogP contribution in [0.1, 0.15) is 0 Å². The van der Waals surface area contributed by atoms with Gasteiger partial charge in [0.25, 0.3) is 0 Å². The number of anilines is 1. The van der Waals surface area contributed by atoms with E-state index in [9.17, 15) is 4.79 Å². The quantitative estimate of drug-likeness (QED) is 0.708. The first kappa shape index (κ1) is 10.5. The van der Waals surface area contributed by atoms with Gasteiger partial charge in [-0.2, -0.15) is 0 Å². The van der Waals surface area contributed by atoms with Crippen LogP contribution in [0, 0.1) is 0 Å². The van der Waals surface area contributed by atoms with Crippen molar-refractivity contribution in [1.82, 2.24) is 0 Å². The molecule has 2 nitrogen and oxygen atoms in total. The summed E-state index contributed by atoms with van der Waals surface area (Å²) in [6.07, 6.45) is 0.662. The maximum atomic E-state index is 9.86. The van der Waals surface area contributed by atoms with Gasteiger partial charge in [-0.25, -0.2) is 0 Å². The molecule has 48 valence electrons. The number of rotatable bonds is 2. The van der Waals surface area contributed by atoms with Crippen LogP contribution in [0.5, 0.6) is 0 Å². The normalized spacial score (nSPS) is 7.60. The molecule has 0 aliphatic heterocycles. The van der Waals surface area contributed by atoms with E-state index in [0.29, 0.717) is 6.41 Å². The van der Waals surface area contributed by atoms with Gasteiger partial charge in [-0.15, -0.1) is 0 Å². The van der Waals surface area contributed by atoms with Crippen LogP contribution in [0.4, 0.5) is 5.69 Å². The second-order valence-electron chi connectivity index (χ2n) is 1.63. The van der Waals surface area contributed by atoms with Crippen molar-refractivity contribution in [3.8, 4) is 0 Å². The van der Waals surface area contributed by atoms with Crippen LogP contribution in [0.15, 0.2) is 30.3 Å². The van der Waals surface area contributed by atoms with Crippen molar-refractivity contribution in [2.45, 2.75) is 0 Å². The Balaban J connectivity index is 0.000000810. The molecule has 0 aliphatic carbocycles. The number of para-hydroxylation sites is 1. The summed E-state index contributed by atoms with van der Waals surface area (Å²) < 4.78 is 0. The first-order valence-electron chi connectivity index (χ1n) is 2.69. The molecular formula is C7H8NORb. The van der Waals surface area contributed by atoms with Crippen LogP contribution in [-0.4, -0.2) is 64.6 Å². The molecule has 1 amide bonds. The van der Waals surface area contributed by atoms with Crippen molar-refractivity contribution in [1.29, 1.82) is 0 Å². The number of carbonyl (C=O) groups is 1. The second-order valence-corrected chi connectivity index (χ2v) is 1.63. The van der Waals surface area contributed by atoms with Crippen LogP contribution in [0.2, 0.25) is 0 Å². The van der Waals surface area contributed by atoms with E-state index in [1.54, 1.807) is 0 Å². The number of hydrogen-bond acceptors (Lipinski definition) is 1. The molecular weight excluding hydrogens is 200 g/mol. The molecule has 1 rings (SSSR count). The Morgan fingerprint density at radius 3 is 2.30 bits per heavy atom. The van der Waals surface area contributed by atoms with Gasteiger partial charge in [-0.05, 0) is 12.1 Å². The molecule has 0 unspecified atom stereocenters. The van der Waals surface area contributed by atoms with Crippen LogP contribution in [-0.2, 0) is 4.79 Å². The molecule has 1 aromatic rings. The molecule has 3 heteroatoms. The van der Waals surface area contributed by atoms with Crippen molar-refractivity contribution in [2.75, 3.05) is 5.32 Å². The van der Waals surface area contributed by atoms with Crippen LogP contribution in [0.3, 0.4) is 0 Å². The Labute approximate surface area is 109 Å². The predicted octanol–water partition coefficient (Wildman–Crippen LogP) is 0.606. The molecule has 0 saturated carbocycles. The van der Waals surface area contributed by atoms with E-state index in [2.05, 4.69) is 5.32 Å². The van der Waals surface area contributed by atoms with Gasteiger partial charge < -0.3 is 5.32 Å². The Morgan fingerprint density at radius 1 is 1.20 bits per heavy atom. The summed E-state index contributed by atoms with van der Waals surface area (Å²) in [4.78, 5) is 9.86. The van der Waals surface area contributed by atoms with E-state index < -0.39 is 0 Å². The molecule has 0 bridgehead atoms. The third-order valence-corrected chi connectivity index (χ3v) is 0.999. The topological polar surface area (TPSA) is 29.1 Å². The first-order chi connectivity index (χ1) is 4.43. The second kappa shape index (κ2) is 6.22. The third-order valence-electron chi connectivity index (χ3n) is 0.999. The molecule has 10 heavy (non-hydrogen) atoms. The van der Waals surface area contributed by atoms with Gasteiger partial charge in [0.05, 0.1) is 0 Å². The summed E-state index contributed by atoms with van der Waals surface area (Å²) in [7, 11) is 0. The van der Waals surface area contributed by atoms with E-state index >= 15 is 0 Å². The zero-order valence-electron chi connectivity index (χ0n) is 4.87. The minimum atomic E-state index is 0. The first-order valence-corrected chi connectivity index (χ1v) is 2.69. The van der Waals surface area contributed by atoms with Crippen LogP contribution >= 0.6 is 0 Å². The van der Waals surface area contributed by atoms with Crippen LogP contribution < -0.4 is 5.32 Å². The minimum absolute atomic E-state index is 0. The van der Waals surface area contributed by atoms with Crippen LogP contribution in [0.25, 0.3) is 0 Å². The molecule has 0 atom stereocenters. The van der Waals surface area contributed by atoms with E-state index in [4.69, 9.17) is 0 Å². The summed E-state index contributed by atoms with van der Waals surface area (Å²) in [6, 6.07) is 9.29. The monoisotopic (exact) mass is 207 g/mol. The molecule has 1 N–H and O–H groups in total. The molecule has 0 fully saturated rings. The SMILES string of the molecule is O=CNc1ccccc1.[RbH].